The molecule has 0 saturated carbocycles. The maximum atomic E-state index is 12.6. The van der Waals surface area contributed by atoms with Gasteiger partial charge in [0.1, 0.15) is 11.9 Å². The van der Waals surface area contributed by atoms with Crippen molar-refractivity contribution in [2.75, 3.05) is 5.32 Å². The van der Waals surface area contributed by atoms with E-state index < -0.39 is 23.5 Å². The van der Waals surface area contributed by atoms with E-state index in [0.29, 0.717) is 11.3 Å². The highest BCUT2D eigenvalue weighted by Gasteiger charge is 2.34. The van der Waals surface area contributed by atoms with Gasteiger partial charge < -0.3 is 9.84 Å². The molecule has 0 unspecified atom stereocenters. The lowest BCUT2D eigenvalue weighted by atomic mass is 9.81. The van der Waals surface area contributed by atoms with Crippen molar-refractivity contribution in [3.05, 3.63) is 69.3 Å². The normalized spacial score (nSPS) is 12.4. The summed E-state index contributed by atoms with van der Waals surface area (Å²) in [4.78, 5) is 24.0. The van der Waals surface area contributed by atoms with E-state index in [9.17, 15) is 14.7 Å². The third kappa shape index (κ3) is 6.47. The predicted molar refractivity (Wildman–Crippen MR) is 118 cm³/mol. The minimum Gasteiger partial charge on any atom is -0.508 e. The molecule has 4 N–H and O–H groups in total. The van der Waals surface area contributed by atoms with Crippen molar-refractivity contribution in [1.29, 1.82) is 0 Å². The molecule has 0 heterocycles. The lowest BCUT2D eigenvalue weighted by Crippen LogP contribution is -2.28. The van der Waals surface area contributed by atoms with Gasteiger partial charge in [0.2, 0.25) is 0 Å². The number of carbonyl (C=O) groups is 2. The van der Waals surface area contributed by atoms with Crippen molar-refractivity contribution >= 4 is 40.3 Å². The first-order valence-electron chi connectivity index (χ1n) is 8.78. The first kappa shape index (κ1) is 22.7. The predicted octanol–water partition coefficient (Wildman–Crippen LogP) is 4.68. The molecule has 154 valence electrons. The molecule has 0 fully saturated rings. The van der Waals surface area contributed by atoms with Gasteiger partial charge in [-0.15, -0.1) is 0 Å². The van der Waals surface area contributed by atoms with Crippen LogP contribution in [0.2, 0.25) is 0 Å². The van der Waals surface area contributed by atoms with Crippen LogP contribution >= 0.6 is 22.6 Å². The van der Waals surface area contributed by atoms with Gasteiger partial charge in [0.25, 0.3) is 5.91 Å². The molecule has 0 aliphatic heterocycles. The smallest absolute Gasteiger partial charge is 0.412 e. The molecule has 7 nitrogen and oxygen atoms in total. The van der Waals surface area contributed by atoms with E-state index in [1.54, 1.807) is 38.1 Å². The summed E-state index contributed by atoms with van der Waals surface area (Å²) in [6.45, 7) is 5.43. The Kier molecular flexibility index (Phi) is 7.63. The molecule has 0 aliphatic carbocycles. The summed E-state index contributed by atoms with van der Waals surface area (Å²) in [7, 11) is 0. The minimum absolute atomic E-state index is 0.0355. The molecule has 2 rings (SSSR count). The van der Waals surface area contributed by atoms with Gasteiger partial charge in [0.15, 0.2) is 0 Å². The van der Waals surface area contributed by atoms with E-state index in [1.165, 1.54) is 17.6 Å². The molecule has 8 heteroatoms. The Morgan fingerprint density at radius 3 is 2.45 bits per heavy atom. The monoisotopic (exact) mass is 510 g/mol. The van der Waals surface area contributed by atoms with Crippen molar-refractivity contribution in [2.24, 2.45) is 5.41 Å². The van der Waals surface area contributed by atoms with Gasteiger partial charge in [-0.3, -0.25) is 15.3 Å². The first-order chi connectivity index (χ1) is 13.6. The number of aromatic hydroxyl groups is 1. The van der Waals surface area contributed by atoms with Crippen molar-refractivity contribution in [3.63, 3.8) is 0 Å². The van der Waals surface area contributed by atoms with Gasteiger partial charge in [-0.25, -0.2) is 10.3 Å². The largest absolute Gasteiger partial charge is 0.508 e. The number of ether oxygens (including phenoxy) is 1. The number of anilines is 1. The maximum Gasteiger partial charge on any atom is 0.412 e. The molecule has 0 spiro atoms. The molecule has 0 aromatic heterocycles. The van der Waals surface area contributed by atoms with Crippen LogP contribution in [0.15, 0.2) is 54.6 Å². The number of hydroxylamine groups is 1. The van der Waals surface area contributed by atoms with Gasteiger partial charge in [0, 0.05) is 26.3 Å². The Bertz CT molecular complexity index is 910. The van der Waals surface area contributed by atoms with Crippen LogP contribution in [-0.2, 0) is 9.53 Å². The second kappa shape index (κ2) is 9.75. The number of amides is 2. The fourth-order valence-electron chi connectivity index (χ4n) is 2.66. The van der Waals surface area contributed by atoms with E-state index in [-0.39, 0.29) is 5.75 Å². The SMILES string of the molecule is Cc1ccc(NC(=O)O[C@H](c2cc(I)ccc2O)C(C)(C)/C=C/C(=O)NO)cc1. The van der Waals surface area contributed by atoms with Crippen molar-refractivity contribution in [2.45, 2.75) is 26.9 Å². The lowest BCUT2D eigenvalue weighted by Gasteiger charge is -2.32. The summed E-state index contributed by atoms with van der Waals surface area (Å²) >= 11 is 2.09. The summed E-state index contributed by atoms with van der Waals surface area (Å²) in [6, 6.07) is 12.2. The fraction of sp³-hybridized carbons (Fsp3) is 0.238. The van der Waals surface area contributed by atoms with Crippen LogP contribution in [0.5, 0.6) is 5.75 Å². The molecule has 2 amide bonds. The number of rotatable bonds is 6. The molecule has 0 radical (unpaired) electrons. The number of halogens is 1. The van der Waals surface area contributed by atoms with E-state index >= 15 is 0 Å². The van der Waals surface area contributed by atoms with Crippen molar-refractivity contribution < 1.29 is 24.6 Å². The van der Waals surface area contributed by atoms with E-state index in [4.69, 9.17) is 9.94 Å². The molecule has 0 aliphatic rings. The van der Waals surface area contributed by atoms with Crippen LogP contribution in [0.3, 0.4) is 0 Å². The highest BCUT2D eigenvalue weighted by atomic mass is 127. The minimum atomic E-state index is -0.912. The molecule has 0 bridgehead atoms. The Balaban J connectivity index is 2.34. The van der Waals surface area contributed by atoms with Gasteiger partial charge >= 0.3 is 6.09 Å². The molecular formula is C21H23IN2O5. The summed E-state index contributed by atoms with van der Waals surface area (Å²) in [6.07, 6.45) is 1.02. The highest BCUT2D eigenvalue weighted by molar-refractivity contribution is 14.1. The highest BCUT2D eigenvalue weighted by Crippen LogP contribution is 2.42. The van der Waals surface area contributed by atoms with Crippen molar-refractivity contribution in [3.8, 4) is 5.75 Å². The maximum absolute atomic E-state index is 12.6. The van der Waals surface area contributed by atoms with Crippen LogP contribution in [0.4, 0.5) is 10.5 Å². The number of carbonyl (C=O) groups excluding carboxylic acids is 2. The molecular weight excluding hydrogens is 487 g/mol. The summed E-state index contributed by atoms with van der Waals surface area (Å²) in [5.74, 6) is -0.751. The van der Waals surface area contributed by atoms with Gasteiger partial charge in [-0.1, -0.05) is 37.6 Å². The number of aryl methyl sites for hydroxylation is 1. The lowest BCUT2D eigenvalue weighted by molar-refractivity contribution is -0.124. The van der Waals surface area contributed by atoms with Crippen LogP contribution in [0.1, 0.15) is 31.1 Å². The number of benzene rings is 2. The summed E-state index contributed by atoms with van der Waals surface area (Å²) < 4.78 is 6.52. The summed E-state index contributed by atoms with van der Waals surface area (Å²) in [5, 5.41) is 21.7. The Morgan fingerprint density at radius 1 is 1.17 bits per heavy atom. The van der Waals surface area contributed by atoms with Crippen LogP contribution < -0.4 is 10.8 Å². The van der Waals surface area contributed by atoms with Gasteiger partial charge in [-0.05, 0) is 59.8 Å². The van der Waals surface area contributed by atoms with Crippen LogP contribution in [-0.4, -0.2) is 22.3 Å². The first-order valence-corrected chi connectivity index (χ1v) is 9.86. The zero-order valence-electron chi connectivity index (χ0n) is 16.3. The standard InChI is InChI=1S/C21H23IN2O5/c1-13-4-7-15(8-5-13)23-20(27)29-19(16-12-14(22)6-9-17(16)25)21(2,3)11-10-18(26)24-28/h4-12,19,25,28H,1-3H3,(H,23,27)(H,24,26)/b11-10+/t19-/m1/s1. The second-order valence-corrected chi connectivity index (χ2v) is 8.36. The third-order valence-corrected chi connectivity index (χ3v) is 4.92. The average molecular weight is 510 g/mol. The Morgan fingerprint density at radius 2 is 1.83 bits per heavy atom. The van der Waals surface area contributed by atoms with Gasteiger partial charge in [-0.2, -0.15) is 0 Å². The van der Waals surface area contributed by atoms with E-state index in [1.807, 2.05) is 19.1 Å². The fourth-order valence-corrected chi connectivity index (χ4v) is 3.17. The van der Waals surface area contributed by atoms with Gasteiger partial charge in [0.05, 0.1) is 0 Å². The molecule has 0 saturated heterocycles. The Labute approximate surface area is 182 Å². The topological polar surface area (TPSA) is 108 Å². The third-order valence-electron chi connectivity index (χ3n) is 4.25. The number of hydrogen-bond donors (Lipinski definition) is 4. The zero-order chi connectivity index (χ0) is 21.6. The second-order valence-electron chi connectivity index (χ2n) is 7.11. The zero-order valence-corrected chi connectivity index (χ0v) is 18.4. The molecule has 29 heavy (non-hydrogen) atoms. The van der Waals surface area contributed by atoms with E-state index in [0.717, 1.165) is 15.2 Å². The number of hydrogen-bond acceptors (Lipinski definition) is 5. The van der Waals surface area contributed by atoms with E-state index in [2.05, 4.69) is 27.9 Å². The number of phenolic OH excluding ortho intramolecular Hbond substituents is 1. The Hall–Kier alpha value is -2.59. The summed E-state index contributed by atoms with van der Waals surface area (Å²) in [5.41, 5.74) is 2.65. The average Bonchev–Trinajstić information content (AvgIpc) is 2.68. The quantitative estimate of drug-likeness (QED) is 0.195. The molecule has 1 atom stereocenters. The molecule has 2 aromatic carbocycles. The molecule has 2 aromatic rings. The number of phenols is 1. The van der Waals surface area contributed by atoms with Crippen LogP contribution in [0, 0.1) is 15.9 Å². The number of nitrogens with one attached hydrogen (secondary N) is 2. The van der Waals surface area contributed by atoms with Crippen LogP contribution in [0.25, 0.3) is 0 Å². The van der Waals surface area contributed by atoms with Crippen molar-refractivity contribution in [1.82, 2.24) is 5.48 Å².